The highest BCUT2D eigenvalue weighted by molar-refractivity contribution is 6.14. The van der Waals surface area contributed by atoms with Crippen molar-refractivity contribution in [3.8, 4) is 22.4 Å². The molecule has 1 aliphatic rings. The first-order valence-electron chi connectivity index (χ1n) is 17.5. The molecule has 0 amide bonds. The predicted molar refractivity (Wildman–Crippen MR) is 139 cm³/mol. The van der Waals surface area contributed by atoms with E-state index in [1.54, 1.807) is 42.8 Å². The van der Waals surface area contributed by atoms with Gasteiger partial charge in [-0.3, -0.25) is 4.98 Å². The zero-order valence-corrected chi connectivity index (χ0v) is 19.0. The molecule has 6 rings (SSSR count). The van der Waals surface area contributed by atoms with Crippen LogP contribution in [0.25, 0.3) is 44.3 Å². The highest BCUT2D eigenvalue weighted by Crippen LogP contribution is 2.51. The zero-order valence-electron chi connectivity index (χ0n) is 32.0. The van der Waals surface area contributed by atoms with E-state index in [1.165, 1.54) is 31.5 Å². The first-order valence-corrected chi connectivity index (χ1v) is 11.0. The summed E-state index contributed by atoms with van der Waals surface area (Å²) >= 11 is 0. The molecule has 0 fully saturated rings. The Balaban J connectivity index is 1.72. The predicted octanol–water partition coefficient (Wildman–Crippen LogP) is 7.52. The third-order valence-electron chi connectivity index (χ3n) is 6.78. The second-order valence-electron chi connectivity index (χ2n) is 8.98. The Morgan fingerprint density at radius 1 is 1.06 bits per heavy atom. The third kappa shape index (κ3) is 2.70. The molecule has 0 N–H and O–H groups in total. The molecule has 0 aliphatic heterocycles. The molecule has 1 unspecified atom stereocenters. The zero-order chi connectivity index (χ0) is 34.9. The highest BCUT2D eigenvalue weighted by Gasteiger charge is 2.39. The van der Waals surface area contributed by atoms with Crippen LogP contribution in [-0.2, 0) is 12.5 Å². The van der Waals surface area contributed by atoms with Crippen molar-refractivity contribution in [2.45, 2.75) is 52.6 Å². The van der Waals surface area contributed by atoms with Gasteiger partial charge in [0.25, 0.3) is 0 Å². The van der Waals surface area contributed by atoms with Crippen molar-refractivity contribution < 1.29 is 26.8 Å². The smallest absolute Gasteiger partial charge is 0.216 e. The molecular weight excluding hydrogens is 416 g/mol. The minimum atomic E-state index is -3.00. The van der Waals surface area contributed by atoms with Gasteiger partial charge >= 0.3 is 0 Å². The summed E-state index contributed by atoms with van der Waals surface area (Å²) in [6.45, 7) is -8.62. The molecule has 3 nitrogen and oxygen atoms in total. The molecular formula is C31H31N2O+. The molecule has 170 valence electrons. The van der Waals surface area contributed by atoms with E-state index < -0.39 is 38.7 Å². The van der Waals surface area contributed by atoms with E-state index in [4.69, 9.17) is 22.2 Å². The molecule has 0 saturated heterocycles. The van der Waals surface area contributed by atoms with Crippen molar-refractivity contribution in [3.05, 3.63) is 82.8 Å². The first-order chi connectivity index (χ1) is 21.5. The van der Waals surface area contributed by atoms with Crippen LogP contribution in [0.15, 0.2) is 59.3 Å². The summed E-state index contributed by atoms with van der Waals surface area (Å²) in [5, 5.41) is 1.07. The Kier molecular flexibility index (Phi) is 2.34. The molecule has 0 spiro atoms. The average Bonchev–Trinajstić information content (AvgIpc) is 3.45. The number of nitrogens with zero attached hydrogens (tertiary/aromatic N) is 2. The molecule has 1 atom stereocenters. The molecule has 3 heteroatoms. The molecule has 0 radical (unpaired) electrons. The monoisotopic (exact) mass is 460 g/mol. The van der Waals surface area contributed by atoms with E-state index in [0.717, 1.165) is 0 Å². The second kappa shape index (κ2) is 7.02. The van der Waals surface area contributed by atoms with E-state index in [9.17, 15) is 0 Å². The van der Waals surface area contributed by atoms with Gasteiger partial charge in [0.05, 0.1) is 11.3 Å². The van der Waals surface area contributed by atoms with Crippen molar-refractivity contribution in [3.63, 3.8) is 0 Å². The Bertz CT molecular complexity index is 2080. The summed E-state index contributed by atoms with van der Waals surface area (Å²) in [5.74, 6) is -2.23. The summed E-state index contributed by atoms with van der Waals surface area (Å²) in [6, 6.07) is 11.4. The van der Waals surface area contributed by atoms with Crippen LogP contribution in [0.3, 0.4) is 0 Å². The standard InChI is InChI=1S/C31H31N2O/c1-17(2)23-16-33(7)25(14-19(23)4)26-18(3)12-13-20-22-15-32-30-27(29(22)34-28(20)26)21-10-8-9-11-24(21)31(30,5)6/h8-17H,1-7H3/q+1/i1D3,4D3,5D3,6D3,17D. The molecule has 3 aromatic heterocycles. The topological polar surface area (TPSA) is 29.9 Å². The Labute approximate surface area is 219 Å². The fraction of sp³-hybridized carbons (Fsp3) is 0.290. The summed E-state index contributed by atoms with van der Waals surface area (Å²) in [6.07, 6.45) is 2.77. The van der Waals surface area contributed by atoms with Gasteiger partial charge in [-0.25, -0.2) is 4.57 Å². The van der Waals surface area contributed by atoms with Crippen molar-refractivity contribution >= 4 is 21.9 Å². The molecule has 34 heavy (non-hydrogen) atoms. The number of fused-ring (bicyclic) bond motifs is 7. The lowest BCUT2D eigenvalue weighted by Crippen LogP contribution is -2.32. The number of aromatic nitrogens is 2. The third-order valence-corrected chi connectivity index (χ3v) is 6.78. The lowest BCUT2D eigenvalue weighted by Gasteiger charge is -2.19. The fourth-order valence-corrected chi connectivity index (χ4v) is 5.10. The van der Waals surface area contributed by atoms with Gasteiger partial charge in [0.2, 0.25) is 5.69 Å². The first kappa shape index (κ1) is 11.3. The Hall–Kier alpha value is -3.46. The van der Waals surface area contributed by atoms with Gasteiger partial charge in [-0.05, 0) is 41.9 Å². The largest absolute Gasteiger partial charge is 0.454 e. The maximum atomic E-state index is 8.68. The van der Waals surface area contributed by atoms with E-state index >= 15 is 0 Å². The number of hydrogen-bond donors (Lipinski definition) is 0. The van der Waals surface area contributed by atoms with Crippen molar-refractivity contribution in [2.75, 3.05) is 0 Å². The summed E-state index contributed by atoms with van der Waals surface area (Å²) in [5.41, 5.74) is -0.180. The van der Waals surface area contributed by atoms with Crippen LogP contribution in [0.5, 0.6) is 0 Å². The number of furan rings is 1. The van der Waals surface area contributed by atoms with Crippen molar-refractivity contribution in [1.82, 2.24) is 4.98 Å². The van der Waals surface area contributed by atoms with Crippen molar-refractivity contribution in [1.29, 1.82) is 0 Å². The van der Waals surface area contributed by atoms with E-state index in [0.29, 0.717) is 38.7 Å². The van der Waals surface area contributed by atoms with Gasteiger partial charge in [-0.1, -0.05) is 63.9 Å². The highest BCUT2D eigenvalue weighted by atomic mass is 16.3. The second-order valence-corrected chi connectivity index (χ2v) is 8.98. The minimum Gasteiger partial charge on any atom is -0.454 e. The van der Waals surface area contributed by atoms with Crippen LogP contribution in [-0.4, -0.2) is 4.98 Å². The van der Waals surface area contributed by atoms with Crippen molar-refractivity contribution in [2.24, 2.45) is 7.05 Å². The number of hydrogen-bond acceptors (Lipinski definition) is 2. The molecule has 0 bridgehead atoms. The number of rotatable bonds is 2. The van der Waals surface area contributed by atoms with Gasteiger partial charge in [0.15, 0.2) is 6.20 Å². The van der Waals surface area contributed by atoms with Crippen LogP contribution >= 0.6 is 0 Å². The normalized spacial score (nSPS) is 23.1. The number of benzene rings is 2. The van der Waals surface area contributed by atoms with Gasteiger partial charge in [-0.2, -0.15) is 0 Å². The van der Waals surface area contributed by atoms with E-state index in [1.807, 2.05) is 6.07 Å². The van der Waals surface area contributed by atoms with Gasteiger partial charge in [0, 0.05) is 57.4 Å². The fourth-order valence-electron chi connectivity index (χ4n) is 5.10. The van der Waals surface area contributed by atoms with E-state index in [-0.39, 0.29) is 33.5 Å². The lowest BCUT2D eigenvalue weighted by atomic mass is 9.85. The van der Waals surface area contributed by atoms with Gasteiger partial charge in [-0.15, -0.1) is 0 Å². The molecule has 1 aliphatic carbocycles. The summed E-state index contributed by atoms with van der Waals surface area (Å²) in [7, 11) is 1.62. The quantitative estimate of drug-likeness (QED) is 0.255. The maximum absolute atomic E-state index is 8.68. The summed E-state index contributed by atoms with van der Waals surface area (Å²) < 4.78 is 116. The molecule has 5 aromatic rings. The summed E-state index contributed by atoms with van der Waals surface area (Å²) in [4.78, 5) is 4.53. The molecule has 2 aromatic carbocycles. The van der Waals surface area contributed by atoms with Crippen LogP contribution in [0, 0.1) is 13.8 Å². The SMILES string of the molecule is [2H]C([2H])([2H])c1cc(-c2c(C)ccc3c2oc2c4c(ncc23)C(C([2H])([2H])[2H])(C([2H])([2H])[2H])c2ccccc2-4)[n+](C)cc1C([2H])(C)C([2H])([2H])[2H]. The molecule has 0 saturated carbocycles. The van der Waals surface area contributed by atoms with Crippen LogP contribution < -0.4 is 4.57 Å². The maximum Gasteiger partial charge on any atom is 0.216 e. The van der Waals surface area contributed by atoms with Gasteiger partial charge in [0.1, 0.15) is 18.2 Å². The Morgan fingerprint density at radius 2 is 1.88 bits per heavy atom. The minimum absolute atomic E-state index is 0.101. The van der Waals surface area contributed by atoms with Crippen LogP contribution in [0.4, 0.5) is 0 Å². The average molecular weight is 461 g/mol. The number of aryl methyl sites for hydroxylation is 3. The van der Waals surface area contributed by atoms with Gasteiger partial charge < -0.3 is 4.42 Å². The van der Waals surface area contributed by atoms with Crippen LogP contribution in [0.1, 0.15) is 79.1 Å². The number of pyridine rings is 2. The van der Waals surface area contributed by atoms with E-state index in [2.05, 4.69) is 4.98 Å². The van der Waals surface area contributed by atoms with Crippen LogP contribution in [0.2, 0.25) is 0 Å². The lowest BCUT2D eigenvalue weighted by molar-refractivity contribution is -0.660. The molecule has 3 heterocycles. The Morgan fingerprint density at radius 3 is 2.68 bits per heavy atom.